The van der Waals surface area contributed by atoms with E-state index in [1.54, 1.807) is 6.20 Å². The number of nitrogens with one attached hydrogen (secondary N) is 1. The zero-order valence-corrected chi connectivity index (χ0v) is 9.66. The number of nitrogens with zero attached hydrogens (tertiary/aromatic N) is 1. The summed E-state index contributed by atoms with van der Waals surface area (Å²) < 4.78 is 5.29. The molecule has 84 valence electrons. The maximum absolute atomic E-state index is 5.29. The first kappa shape index (κ1) is 10.9. The maximum atomic E-state index is 5.29. The van der Waals surface area contributed by atoms with Crippen LogP contribution in [0.25, 0.3) is 11.1 Å². The van der Waals surface area contributed by atoms with Crippen LogP contribution in [-0.4, -0.2) is 18.7 Å². The molecule has 3 heteroatoms. The molecule has 0 aliphatic carbocycles. The fourth-order valence-corrected chi connectivity index (χ4v) is 1.78. The molecule has 0 atom stereocenters. The Bertz CT molecular complexity index is 462. The van der Waals surface area contributed by atoms with Gasteiger partial charge in [-0.2, -0.15) is 0 Å². The lowest BCUT2D eigenvalue weighted by Crippen LogP contribution is -2.10. The smallest absolute Gasteiger partial charge is 0.145 e. The van der Waals surface area contributed by atoms with Crippen LogP contribution in [0, 0.1) is 6.92 Å². The second-order valence-corrected chi connectivity index (χ2v) is 3.83. The minimum Gasteiger partial charge on any atom is -0.361 e. The van der Waals surface area contributed by atoms with Crippen molar-refractivity contribution in [2.75, 3.05) is 13.6 Å². The number of aryl methyl sites for hydroxylation is 1. The van der Waals surface area contributed by atoms with E-state index in [-0.39, 0.29) is 0 Å². The van der Waals surface area contributed by atoms with E-state index >= 15 is 0 Å². The highest BCUT2D eigenvalue weighted by molar-refractivity contribution is 5.67. The Morgan fingerprint density at radius 2 is 2.06 bits per heavy atom. The van der Waals surface area contributed by atoms with Crippen molar-refractivity contribution in [3.05, 3.63) is 41.8 Å². The largest absolute Gasteiger partial charge is 0.361 e. The summed E-state index contributed by atoms with van der Waals surface area (Å²) in [6.45, 7) is 3.00. The Morgan fingerprint density at radius 3 is 2.81 bits per heavy atom. The van der Waals surface area contributed by atoms with Gasteiger partial charge >= 0.3 is 0 Å². The number of rotatable bonds is 4. The molecule has 16 heavy (non-hydrogen) atoms. The molecule has 0 radical (unpaired) electrons. The Kier molecular flexibility index (Phi) is 3.37. The van der Waals surface area contributed by atoms with E-state index in [2.05, 4.69) is 29.5 Å². The summed E-state index contributed by atoms with van der Waals surface area (Å²) in [5.41, 5.74) is 3.56. The third kappa shape index (κ3) is 2.14. The van der Waals surface area contributed by atoms with Crippen LogP contribution in [0.2, 0.25) is 0 Å². The summed E-state index contributed by atoms with van der Waals surface area (Å²) in [4.78, 5) is 0. The minimum absolute atomic E-state index is 0.861. The molecule has 0 bridgehead atoms. The van der Waals surface area contributed by atoms with Crippen molar-refractivity contribution in [3.63, 3.8) is 0 Å². The van der Waals surface area contributed by atoms with Crippen molar-refractivity contribution in [1.82, 2.24) is 10.5 Å². The lowest BCUT2D eigenvalue weighted by Gasteiger charge is -2.04. The third-order valence-electron chi connectivity index (χ3n) is 2.68. The van der Waals surface area contributed by atoms with Gasteiger partial charge in [-0.05, 0) is 25.1 Å². The monoisotopic (exact) mass is 216 g/mol. The number of hydrogen-bond acceptors (Lipinski definition) is 3. The van der Waals surface area contributed by atoms with Crippen molar-refractivity contribution in [2.45, 2.75) is 13.3 Å². The van der Waals surface area contributed by atoms with Crippen LogP contribution in [0.5, 0.6) is 0 Å². The van der Waals surface area contributed by atoms with Crippen LogP contribution in [0.1, 0.15) is 11.3 Å². The Morgan fingerprint density at radius 1 is 1.25 bits per heavy atom. The summed E-state index contributed by atoms with van der Waals surface area (Å²) in [6.07, 6.45) is 2.66. The molecule has 2 rings (SSSR count). The van der Waals surface area contributed by atoms with Gasteiger partial charge in [0.2, 0.25) is 0 Å². The van der Waals surface area contributed by atoms with Gasteiger partial charge in [-0.15, -0.1) is 0 Å². The van der Waals surface area contributed by atoms with Gasteiger partial charge in [-0.25, -0.2) is 0 Å². The van der Waals surface area contributed by atoms with Crippen molar-refractivity contribution >= 4 is 0 Å². The first-order valence-electron chi connectivity index (χ1n) is 5.47. The van der Waals surface area contributed by atoms with Crippen molar-refractivity contribution in [2.24, 2.45) is 0 Å². The molecule has 0 saturated carbocycles. The third-order valence-corrected chi connectivity index (χ3v) is 2.68. The molecule has 0 unspecified atom stereocenters. The summed E-state index contributed by atoms with van der Waals surface area (Å²) in [6, 6.07) is 8.28. The average Bonchev–Trinajstić information content (AvgIpc) is 2.75. The summed E-state index contributed by atoms with van der Waals surface area (Å²) >= 11 is 0. The summed E-state index contributed by atoms with van der Waals surface area (Å²) in [7, 11) is 1.93. The van der Waals surface area contributed by atoms with E-state index in [0.29, 0.717) is 0 Å². The highest BCUT2D eigenvalue weighted by Crippen LogP contribution is 2.26. The van der Waals surface area contributed by atoms with Crippen LogP contribution < -0.4 is 5.32 Å². The minimum atomic E-state index is 0.861. The normalized spacial score (nSPS) is 10.6. The highest BCUT2D eigenvalue weighted by atomic mass is 16.5. The molecular weight excluding hydrogens is 200 g/mol. The van der Waals surface area contributed by atoms with Gasteiger partial charge in [-0.1, -0.05) is 29.4 Å². The average molecular weight is 216 g/mol. The first-order valence-corrected chi connectivity index (χ1v) is 5.47. The standard InChI is InChI=1S/C13H16N2O/c1-10-5-3-4-6-11(10)12-9-15-16-13(12)7-8-14-2/h3-6,9,14H,7-8H2,1-2H3. The second-order valence-electron chi connectivity index (χ2n) is 3.83. The molecule has 0 amide bonds. The number of likely N-dealkylation sites (N-methyl/N-ethyl adjacent to an activating group) is 1. The van der Waals surface area contributed by atoms with E-state index in [0.717, 1.165) is 24.3 Å². The van der Waals surface area contributed by atoms with E-state index in [1.807, 2.05) is 19.2 Å². The lowest BCUT2D eigenvalue weighted by molar-refractivity contribution is 0.382. The lowest BCUT2D eigenvalue weighted by atomic mass is 10.0. The number of hydrogen-bond donors (Lipinski definition) is 1. The van der Waals surface area contributed by atoms with Crippen LogP contribution in [0.4, 0.5) is 0 Å². The van der Waals surface area contributed by atoms with Gasteiger partial charge < -0.3 is 9.84 Å². The molecule has 0 saturated heterocycles. The molecule has 1 heterocycles. The Balaban J connectivity index is 2.33. The van der Waals surface area contributed by atoms with E-state index in [1.165, 1.54) is 11.1 Å². The van der Waals surface area contributed by atoms with Gasteiger partial charge in [0.1, 0.15) is 5.76 Å². The molecule has 0 fully saturated rings. The van der Waals surface area contributed by atoms with E-state index in [4.69, 9.17) is 4.52 Å². The summed E-state index contributed by atoms with van der Waals surface area (Å²) in [5, 5.41) is 7.00. The van der Waals surface area contributed by atoms with E-state index in [9.17, 15) is 0 Å². The SMILES string of the molecule is CNCCc1oncc1-c1ccccc1C. The fraction of sp³-hybridized carbons (Fsp3) is 0.308. The highest BCUT2D eigenvalue weighted by Gasteiger charge is 2.11. The Hall–Kier alpha value is -1.61. The molecule has 0 spiro atoms. The van der Waals surface area contributed by atoms with Crippen molar-refractivity contribution in [3.8, 4) is 11.1 Å². The van der Waals surface area contributed by atoms with Crippen molar-refractivity contribution in [1.29, 1.82) is 0 Å². The van der Waals surface area contributed by atoms with Gasteiger partial charge in [0.15, 0.2) is 0 Å². The topological polar surface area (TPSA) is 38.1 Å². The van der Waals surface area contributed by atoms with Gasteiger partial charge in [0.05, 0.1) is 6.20 Å². The molecule has 0 aliphatic rings. The molecule has 1 aromatic heterocycles. The van der Waals surface area contributed by atoms with Crippen LogP contribution in [0.3, 0.4) is 0 Å². The molecule has 0 aliphatic heterocycles. The zero-order valence-electron chi connectivity index (χ0n) is 9.66. The van der Waals surface area contributed by atoms with Gasteiger partial charge in [-0.3, -0.25) is 0 Å². The quantitative estimate of drug-likeness (QED) is 0.853. The fourth-order valence-electron chi connectivity index (χ4n) is 1.78. The zero-order chi connectivity index (χ0) is 11.4. The Labute approximate surface area is 95.5 Å². The van der Waals surface area contributed by atoms with Crippen LogP contribution in [0.15, 0.2) is 35.0 Å². The second kappa shape index (κ2) is 4.94. The first-order chi connectivity index (χ1) is 7.83. The van der Waals surface area contributed by atoms with Crippen molar-refractivity contribution < 1.29 is 4.52 Å². The summed E-state index contributed by atoms with van der Waals surface area (Å²) in [5.74, 6) is 0.948. The maximum Gasteiger partial charge on any atom is 0.145 e. The van der Waals surface area contributed by atoms with E-state index < -0.39 is 0 Å². The molecular formula is C13H16N2O. The number of aromatic nitrogens is 1. The predicted octanol–water partition coefficient (Wildman–Crippen LogP) is 2.41. The molecule has 3 nitrogen and oxygen atoms in total. The van der Waals surface area contributed by atoms with Gasteiger partial charge in [0.25, 0.3) is 0 Å². The number of benzene rings is 1. The van der Waals surface area contributed by atoms with Gasteiger partial charge in [0, 0.05) is 18.5 Å². The van der Waals surface area contributed by atoms with Crippen LogP contribution in [-0.2, 0) is 6.42 Å². The molecule has 2 aromatic rings. The molecule has 1 aromatic carbocycles. The molecule has 1 N–H and O–H groups in total. The predicted molar refractivity (Wildman–Crippen MR) is 64.3 cm³/mol. The van der Waals surface area contributed by atoms with Crippen LogP contribution >= 0.6 is 0 Å².